The van der Waals surface area contributed by atoms with Crippen molar-refractivity contribution in [2.24, 2.45) is 0 Å². The van der Waals surface area contributed by atoms with E-state index in [1.165, 1.54) is 21.5 Å². The lowest BCUT2D eigenvalue weighted by atomic mass is 9.95. The van der Waals surface area contributed by atoms with Crippen molar-refractivity contribution in [3.05, 3.63) is 158 Å². The topological polar surface area (TPSA) is 39.3 Å². The fourth-order valence-electron chi connectivity index (χ4n) is 6.92. The Hall–Kier alpha value is -6.20. The lowest BCUT2D eigenvalue weighted by Gasteiger charge is -2.17. The van der Waals surface area contributed by atoms with E-state index >= 15 is 0 Å². The fraction of sp³-hybridized carbons (Fsp3) is 0. The highest BCUT2D eigenvalue weighted by Gasteiger charge is 2.18. The Labute approximate surface area is 272 Å². The predicted octanol–water partition coefficient (Wildman–Crippen LogP) is 9.84. The first-order valence-electron chi connectivity index (χ1n) is 15.6. The average Bonchev–Trinajstić information content (AvgIpc) is 3.63. The summed E-state index contributed by atoms with van der Waals surface area (Å²) in [7, 11) is 6.32. The van der Waals surface area contributed by atoms with Crippen LogP contribution in [0, 0.1) is 0 Å². The van der Waals surface area contributed by atoms with Gasteiger partial charge in [-0.3, -0.25) is 0 Å². The van der Waals surface area contributed by atoms with E-state index in [4.69, 9.17) is 12.6 Å². The molecule has 0 unspecified atom stereocenters. The second kappa shape index (κ2) is 10.7. The summed E-state index contributed by atoms with van der Waals surface area (Å²) in [4.78, 5) is 0. The normalized spacial score (nSPS) is 11.6. The van der Waals surface area contributed by atoms with Gasteiger partial charge in [-0.05, 0) is 66.2 Å². The average molecular weight is 603 g/mol. The van der Waals surface area contributed by atoms with Gasteiger partial charge in [0.25, 0.3) is 0 Å². The molecule has 47 heavy (non-hydrogen) atoms. The van der Waals surface area contributed by atoms with E-state index in [0.29, 0.717) is 22.5 Å². The van der Waals surface area contributed by atoms with Crippen LogP contribution in [0.3, 0.4) is 0 Å². The fourth-order valence-corrected chi connectivity index (χ4v) is 6.92. The third-order valence-electron chi connectivity index (χ3n) is 9.01. The van der Waals surface area contributed by atoms with Gasteiger partial charge < -0.3 is 19.0 Å². The highest BCUT2D eigenvalue weighted by molar-refractivity contribution is 6.34. The molecule has 0 amide bonds. The molecule has 2 heterocycles. The van der Waals surface area contributed by atoms with Crippen molar-refractivity contribution in [1.29, 1.82) is 0 Å². The third kappa shape index (κ3) is 4.39. The zero-order valence-electron chi connectivity index (χ0n) is 25.3. The number of benzene rings is 7. The maximum absolute atomic E-state index is 11.4. The SMILES string of the molecule is [B]c1ccccc1Oc1cc(-c2cc(-n3c4ccccc4c4ccccc43)ccc2O)cc(-n2c3ccccc3c3ccccc32)c1. The Morgan fingerprint density at radius 2 is 0.957 bits per heavy atom. The number of nitrogens with zero attached hydrogens (tertiary/aromatic N) is 2. The Balaban J connectivity index is 1.30. The first-order chi connectivity index (χ1) is 23.1. The molecule has 0 saturated heterocycles. The van der Waals surface area contributed by atoms with Gasteiger partial charge >= 0.3 is 0 Å². The van der Waals surface area contributed by atoms with Crippen LogP contribution in [-0.2, 0) is 0 Å². The van der Waals surface area contributed by atoms with E-state index in [1.54, 1.807) is 6.07 Å². The standard InChI is InChI=1S/C42H27BN2O2/c43-36-15-5-10-20-42(36)47-30-24-27(23-29(25-30)45-39-18-8-3-13-33(39)34-14-4-9-19-40(34)45)35-26-28(21-22-41(35)46)44-37-16-6-1-11-31(37)32-12-2-7-17-38(32)44/h1-26,46H. The number of aromatic nitrogens is 2. The molecule has 5 heteroatoms. The number of phenolic OH excluding ortho intramolecular Hbond substituents is 1. The summed E-state index contributed by atoms with van der Waals surface area (Å²) < 4.78 is 11.0. The lowest BCUT2D eigenvalue weighted by Crippen LogP contribution is -2.05. The number of aromatic hydroxyl groups is 1. The van der Waals surface area contributed by atoms with Gasteiger partial charge in [-0.2, -0.15) is 0 Å². The van der Waals surface area contributed by atoms with E-state index in [-0.39, 0.29) is 5.75 Å². The van der Waals surface area contributed by atoms with Crippen molar-refractivity contribution in [2.75, 3.05) is 0 Å². The Bertz CT molecular complexity index is 2540. The van der Waals surface area contributed by atoms with Crippen molar-refractivity contribution >= 4 is 56.9 Å². The van der Waals surface area contributed by atoms with Crippen molar-refractivity contribution < 1.29 is 9.84 Å². The van der Waals surface area contributed by atoms with E-state index in [2.05, 4.69) is 118 Å². The second-order valence-corrected chi connectivity index (χ2v) is 11.8. The van der Waals surface area contributed by atoms with Gasteiger partial charge in [0.05, 0.1) is 27.8 Å². The van der Waals surface area contributed by atoms with E-state index in [1.807, 2.05) is 42.5 Å². The minimum absolute atomic E-state index is 0.180. The number of fused-ring (bicyclic) bond motifs is 6. The molecule has 220 valence electrons. The van der Waals surface area contributed by atoms with Crippen molar-refractivity contribution in [3.8, 4) is 39.8 Å². The highest BCUT2D eigenvalue weighted by atomic mass is 16.5. The molecule has 9 rings (SSSR count). The summed E-state index contributed by atoms with van der Waals surface area (Å²) in [6, 6.07) is 53.1. The molecule has 2 aromatic heterocycles. The number of rotatable bonds is 5. The number of para-hydroxylation sites is 5. The molecular weight excluding hydrogens is 575 g/mol. The molecule has 4 nitrogen and oxygen atoms in total. The molecule has 0 saturated carbocycles. The number of ether oxygens (including phenoxy) is 1. The monoisotopic (exact) mass is 602 g/mol. The van der Waals surface area contributed by atoms with Crippen LogP contribution in [0.15, 0.2) is 158 Å². The molecule has 1 N–H and O–H groups in total. The summed E-state index contributed by atoms with van der Waals surface area (Å²) in [6.45, 7) is 0. The zero-order chi connectivity index (χ0) is 31.5. The van der Waals surface area contributed by atoms with Crippen LogP contribution < -0.4 is 10.2 Å². The molecule has 7 aromatic carbocycles. The molecular formula is C42H27BN2O2. The Morgan fingerprint density at radius 3 is 1.51 bits per heavy atom. The molecule has 2 radical (unpaired) electrons. The highest BCUT2D eigenvalue weighted by Crippen LogP contribution is 2.40. The summed E-state index contributed by atoms with van der Waals surface area (Å²) in [5, 5.41) is 16.1. The van der Waals surface area contributed by atoms with Crippen LogP contribution in [0.1, 0.15) is 0 Å². The van der Waals surface area contributed by atoms with Gasteiger partial charge in [-0.25, -0.2) is 0 Å². The van der Waals surface area contributed by atoms with Gasteiger partial charge in [0.2, 0.25) is 0 Å². The molecule has 9 aromatic rings. The summed E-state index contributed by atoms with van der Waals surface area (Å²) in [5.41, 5.74) is 8.29. The molecule has 0 aliphatic heterocycles. The van der Waals surface area contributed by atoms with Gasteiger partial charge in [0.15, 0.2) is 0 Å². The Morgan fingerprint density at radius 1 is 0.468 bits per heavy atom. The maximum Gasteiger partial charge on any atom is 0.130 e. The third-order valence-corrected chi connectivity index (χ3v) is 9.01. The first kappa shape index (κ1) is 27.1. The van der Waals surface area contributed by atoms with Crippen LogP contribution in [0.2, 0.25) is 0 Å². The summed E-state index contributed by atoms with van der Waals surface area (Å²) in [6.07, 6.45) is 0. The first-order valence-corrected chi connectivity index (χ1v) is 15.6. The van der Waals surface area contributed by atoms with Crippen LogP contribution >= 0.6 is 0 Å². The molecule has 0 fully saturated rings. The quantitative estimate of drug-likeness (QED) is 0.199. The molecule has 0 aliphatic rings. The molecule has 0 aliphatic carbocycles. The predicted molar refractivity (Wildman–Crippen MR) is 194 cm³/mol. The van der Waals surface area contributed by atoms with Gasteiger partial charge in [-0.15, -0.1) is 0 Å². The summed E-state index contributed by atoms with van der Waals surface area (Å²) >= 11 is 0. The van der Waals surface area contributed by atoms with Crippen molar-refractivity contribution in [2.45, 2.75) is 0 Å². The van der Waals surface area contributed by atoms with Crippen LogP contribution in [0.5, 0.6) is 17.2 Å². The van der Waals surface area contributed by atoms with Gasteiger partial charge in [-0.1, -0.05) is 96.5 Å². The maximum atomic E-state index is 11.4. The zero-order valence-corrected chi connectivity index (χ0v) is 25.3. The smallest absolute Gasteiger partial charge is 0.130 e. The lowest BCUT2D eigenvalue weighted by molar-refractivity contribution is 0.477. The van der Waals surface area contributed by atoms with Gasteiger partial charge in [0.1, 0.15) is 25.1 Å². The van der Waals surface area contributed by atoms with E-state index < -0.39 is 0 Å². The van der Waals surface area contributed by atoms with Crippen molar-refractivity contribution in [3.63, 3.8) is 0 Å². The van der Waals surface area contributed by atoms with Gasteiger partial charge in [0, 0.05) is 38.9 Å². The minimum Gasteiger partial charge on any atom is -0.507 e. The number of hydrogen-bond acceptors (Lipinski definition) is 2. The molecule has 0 spiro atoms. The number of phenols is 1. The second-order valence-electron chi connectivity index (χ2n) is 11.8. The molecule has 0 bridgehead atoms. The van der Waals surface area contributed by atoms with E-state index in [0.717, 1.165) is 39.0 Å². The van der Waals surface area contributed by atoms with Crippen molar-refractivity contribution in [1.82, 2.24) is 9.13 Å². The number of hydrogen-bond donors (Lipinski definition) is 1. The van der Waals surface area contributed by atoms with Crippen LogP contribution in [-0.4, -0.2) is 22.1 Å². The van der Waals surface area contributed by atoms with Crippen LogP contribution in [0.4, 0.5) is 0 Å². The largest absolute Gasteiger partial charge is 0.507 e. The summed E-state index contributed by atoms with van der Waals surface area (Å²) in [5.74, 6) is 1.36. The minimum atomic E-state index is 0.180. The Kier molecular flexibility index (Phi) is 6.19. The van der Waals surface area contributed by atoms with Crippen LogP contribution in [0.25, 0.3) is 66.1 Å². The van der Waals surface area contributed by atoms with E-state index in [9.17, 15) is 5.11 Å². The molecule has 0 atom stereocenters.